The maximum Gasteiger partial charge on any atom is 0.142 e. The average Bonchev–Trinajstić information content (AvgIpc) is 2.44. The van der Waals surface area contributed by atoms with E-state index in [0.717, 1.165) is 16.5 Å². The molecule has 1 heterocycles. The largest absolute Gasteiger partial charge is 0.392 e. The molecule has 2 rings (SSSR count). The summed E-state index contributed by atoms with van der Waals surface area (Å²) >= 11 is 5.75. The molecule has 0 aliphatic carbocycles. The van der Waals surface area contributed by atoms with Crippen molar-refractivity contribution >= 4 is 22.5 Å². The molecule has 0 spiro atoms. The number of aryl methyl sites for hydroxylation is 1. The van der Waals surface area contributed by atoms with Gasteiger partial charge in [0.15, 0.2) is 0 Å². The van der Waals surface area contributed by atoms with E-state index in [1.165, 1.54) is 6.07 Å². The molecule has 1 aromatic heterocycles. The minimum absolute atomic E-state index is 0.109. The van der Waals surface area contributed by atoms with Crippen LogP contribution in [-0.4, -0.2) is 15.8 Å². The maximum absolute atomic E-state index is 13.3. The third-order valence-electron chi connectivity index (χ3n) is 2.58. The second kappa shape index (κ2) is 4.07. The Hall–Kier alpha value is -1.06. The molecule has 0 amide bonds. The van der Waals surface area contributed by atoms with E-state index < -0.39 is 11.9 Å². The first-order valence-corrected chi connectivity index (χ1v) is 5.49. The van der Waals surface area contributed by atoms with Gasteiger partial charge in [-0.1, -0.05) is 11.6 Å². The van der Waals surface area contributed by atoms with Crippen molar-refractivity contribution in [1.29, 1.82) is 0 Å². The van der Waals surface area contributed by atoms with E-state index in [1.807, 2.05) is 17.7 Å². The van der Waals surface area contributed by atoms with Gasteiger partial charge < -0.3 is 9.67 Å². The summed E-state index contributed by atoms with van der Waals surface area (Å²) in [5, 5.41) is 10.3. The fourth-order valence-electron chi connectivity index (χ4n) is 1.90. The Kier molecular flexibility index (Phi) is 2.91. The van der Waals surface area contributed by atoms with Crippen molar-refractivity contribution in [2.45, 2.75) is 26.5 Å². The maximum atomic E-state index is 13.3. The van der Waals surface area contributed by atoms with Gasteiger partial charge in [0, 0.05) is 18.1 Å². The summed E-state index contributed by atoms with van der Waals surface area (Å²) in [5.41, 5.74) is 1.83. The van der Waals surface area contributed by atoms with Crippen LogP contribution in [0.1, 0.15) is 12.5 Å². The highest BCUT2D eigenvalue weighted by Crippen LogP contribution is 2.27. The zero-order valence-corrected chi connectivity index (χ0v) is 9.92. The van der Waals surface area contributed by atoms with Gasteiger partial charge in [-0.2, -0.15) is 0 Å². The second-order valence-electron chi connectivity index (χ2n) is 4.10. The average molecular weight is 242 g/mol. The van der Waals surface area contributed by atoms with Gasteiger partial charge in [0.25, 0.3) is 0 Å². The van der Waals surface area contributed by atoms with E-state index in [-0.39, 0.29) is 5.02 Å². The summed E-state index contributed by atoms with van der Waals surface area (Å²) < 4.78 is 15.2. The zero-order valence-electron chi connectivity index (χ0n) is 9.17. The summed E-state index contributed by atoms with van der Waals surface area (Å²) in [6, 6.07) is 3.03. The second-order valence-corrected chi connectivity index (χ2v) is 4.50. The van der Waals surface area contributed by atoms with Crippen LogP contribution in [0.15, 0.2) is 18.3 Å². The number of hydrogen-bond donors (Lipinski definition) is 1. The highest BCUT2D eigenvalue weighted by Gasteiger charge is 2.10. The SMILES string of the molecule is Cc1cn(C[C@@H](C)O)c2cc(Cl)c(F)cc12. The highest BCUT2D eigenvalue weighted by molar-refractivity contribution is 6.31. The molecule has 1 N–H and O–H groups in total. The molecule has 0 aliphatic rings. The Bertz CT molecular complexity index is 533. The Labute approximate surface area is 98.3 Å². The number of halogens is 2. The monoisotopic (exact) mass is 241 g/mol. The van der Waals surface area contributed by atoms with Gasteiger partial charge in [-0.05, 0) is 31.5 Å². The number of aliphatic hydroxyl groups is 1. The van der Waals surface area contributed by atoms with Gasteiger partial charge in [0.05, 0.1) is 16.6 Å². The number of hydrogen-bond acceptors (Lipinski definition) is 1. The molecule has 1 aromatic carbocycles. The van der Waals surface area contributed by atoms with Crippen molar-refractivity contribution in [3.8, 4) is 0 Å². The quantitative estimate of drug-likeness (QED) is 0.859. The predicted molar refractivity (Wildman–Crippen MR) is 63.3 cm³/mol. The van der Waals surface area contributed by atoms with Crippen LogP contribution in [0.2, 0.25) is 5.02 Å². The topological polar surface area (TPSA) is 25.2 Å². The third-order valence-corrected chi connectivity index (χ3v) is 2.87. The summed E-state index contributed by atoms with van der Waals surface area (Å²) in [4.78, 5) is 0. The molecule has 2 nitrogen and oxygen atoms in total. The minimum Gasteiger partial charge on any atom is -0.392 e. The molecule has 0 saturated carbocycles. The minimum atomic E-state index is -0.446. The fraction of sp³-hybridized carbons (Fsp3) is 0.333. The van der Waals surface area contributed by atoms with Crippen molar-refractivity contribution in [2.75, 3.05) is 0 Å². The van der Waals surface area contributed by atoms with Crippen LogP contribution in [0, 0.1) is 12.7 Å². The number of aromatic nitrogens is 1. The smallest absolute Gasteiger partial charge is 0.142 e. The number of benzene rings is 1. The van der Waals surface area contributed by atoms with Crippen molar-refractivity contribution < 1.29 is 9.50 Å². The van der Waals surface area contributed by atoms with E-state index in [1.54, 1.807) is 13.0 Å². The lowest BCUT2D eigenvalue weighted by Crippen LogP contribution is -2.10. The number of rotatable bonds is 2. The van der Waals surface area contributed by atoms with E-state index >= 15 is 0 Å². The Morgan fingerprint density at radius 2 is 2.19 bits per heavy atom. The lowest BCUT2D eigenvalue weighted by Gasteiger charge is -2.07. The Morgan fingerprint density at radius 1 is 1.50 bits per heavy atom. The molecular formula is C12H13ClFNO. The molecule has 0 bridgehead atoms. The van der Waals surface area contributed by atoms with Crippen LogP contribution in [0.3, 0.4) is 0 Å². The number of fused-ring (bicyclic) bond motifs is 1. The fourth-order valence-corrected chi connectivity index (χ4v) is 2.06. The summed E-state index contributed by atoms with van der Waals surface area (Å²) in [6.07, 6.45) is 1.45. The third kappa shape index (κ3) is 1.93. The highest BCUT2D eigenvalue weighted by atomic mass is 35.5. The first-order chi connectivity index (χ1) is 7.49. The lowest BCUT2D eigenvalue weighted by atomic mass is 10.2. The zero-order chi connectivity index (χ0) is 11.9. The molecule has 16 heavy (non-hydrogen) atoms. The van der Waals surface area contributed by atoms with Gasteiger partial charge in [0.2, 0.25) is 0 Å². The van der Waals surface area contributed by atoms with Crippen molar-refractivity contribution in [2.24, 2.45) is 0 Å². The van der Waals surface area contributed by atoms with Crippen molar-refractivity contribution in [1.82, 2.24) is 4.57 Å². The van der Waals surface area contributed by atoms with Crippen molar-refractivity contribution in [3.05, 3.63) is 34.7 Å². The molecule has 0 aliphatic heterocycles. The normalized spacial score (nSPS) is 13.3. The number of nitrogens with zero attached hydrogens (tertiary/aromatic N) is 1. The molecular weight excluding hydrogens is 229 g/mol. The summed E-state index contributed by atoms with van der Waals surface area (Å²) in [6.45, 7) is 4.10. The van der Waals surface area contributed by atoms with Gasteiger partial charge in [-0.3, -0.25) is 0 Å². The first-order valence-electron chi connectivity index (χ1n) is 5.11. The van der Waals surface area contributed by atoms with Crippen LogP contribution >= 0.6 is 11.6 Å². The Morgan fingerprint density at radius 3 is 2.81 bits per heavy atom. The van der Waals surface area contributed by atoms with Gasteiger partial charge in [0.1, 0.15) is 5.82 Å². The molecule has 0 saturated heterocycles. The molecule has 2 aromatic rings. The van der Waals surface area contributed by atoms with Crippen LogP contribution in [0.4, 0.5) is 4.39 Å². The Balaban J connectivity index is 2.64. The predicted octanol–water partition coefficient (Wildman–Crippen LogP) is 3.12. The number of aliphatic hydroxyl groups excluding tert-OH is 1. The van der Waals surface area contributed by atoms with Gasteiger partial charge in [-0.25, -0.2) is 4.39 Å². The van der Waals surface area contributed by atoms with E-state index in [0.29, 0.717) is 6.54 Å². The van der Waals surface area contributed by atoms with Crippen LogP contribution in [-0.2, 0) is 6.54 Å². The van der Waals surface area contributed by atoms with Gasteiger partial charge in [-0.15, -0.1) is 0 Å². The van der Waals surface area contributed by atoms with E-state index in [4.69, 9.17) is 11.6 Å². The molecule has 0 unspecified atom stereocenters. The molecule has 1 atom stereocenters. The van der Waals surface area contributed by atoms with Crippen LogP contribution in [0.5, 0.6) is 0 Å². The van der Waals surface area contributed by atoms with E-state index in [9.17, 15) is 9.50 Å². The van der Waals surface area contributed by atoms with E-state index in [2.05, 4.69) is 0 Å². The summed E-state index contributed by atoms with van der Waals surface area (Å²) in [5.74, 6) is -0.410. The van der Waals surface area contributed by atoms with Gasteiger partial charge >= 0.3 is 0 Å². The molecule has 86 valence electrons. The first kappa shape index (κ1) is 11.4. The van der Waals surface area contributed by atoms with Crippen molar-refractivity contribution in [3.63, 3.8) is 0 Å². The molecule has 0 radical (unpaired) electrons. The lowest BCUT2D eigenvalue weighted by molar-refractivity contribution is 0.175. The molecule has 4 heteroatoms. The van der Waals surface area contributed by atoms with Crippen LogP contribution in [0.25, 0.3) is 10.9 Å². The van der Waals surface area contributed by atoms with Crippen LogP contribution < -0.4 is 0 Å². The molecule has 0 fully saturated rings. The standard InChI is InChI=1S/C12H13ClFNO/c1-7-5-15(6-8(2)16)12-4-10(13)11(14)3-9(7)12/h3-5,8,16H,6H2,1-2H3/t8-/m1/s1. The summed E-state index contributed by atoms with van der Waals surface area (Å²) in [7, 11) is 0.